The second-order valence-corrected chi connectivity index (χ2v) is 6.79. The minimum atomic E-state index is -3.60. The molecule has 0 saturated heterocycles. The first kappa shape index (κ1) is 18.1. The van der Waals surface area contributed by atoms with E-state index in [1.807, 2.05) is 60.7 Å². The minimum Gasteiger partial charge on any atom is -0.466 e. The highest BCUT2D eigenvalue weighted by Crippen LogP contribution is 2.51. The predicted octanol–water partition coefficient (Wildman–Crippen LogP) is 4.30. The number of methoxy groups -OCH3 is 1. The summed E-state index contributed by atoms with van der Waals surface area (Å²) in [6, 6.07) is 18.6. The first-order valence-corrected chi connectivity index (χ1v) is 8.96. The lowest BCUT2D eigenvalue weighted by Gasteiger charge is -2.15. The van der Waals surface area contributed by atoms with E-state index in [1.54, 1.807) is 0 Å². The van der Waals surface area contributed by atoms with Crippen molar-refractivity contribution in [3.63, 3.8) is 0 Å². The molecule has 5 nitrogen and oxygen atoms in total. The monoisotopic (exact) mass is 346 g/mol. The quantitative estimate of drug-likeness (QED) is 0.405. The van der Waals surface area contributed by atoms with Gasteiger partial charge >= 0.3 is 13.6 Å². The Bertz CT molecular complexity index is 665. The van der Waals surface area contributed by atoms with Crippen LogP contribution in [0.5, 0.6) is 0 Å². The van der Waals surface area contributed by atoms with E-state index in [0.29, 0.717) is 0 Å². The summed E-state index contributed by atoms with van der Waals surface area (Å²) in [5.41, 5.74) is 1.71. The van der Waals surface area contributed by atoms with Gasteiger partial charge in [0.25, 0.3) is 0 Å². The topological polar surface area (TPSA) is 61.8 Å². The zero-order chi connectivity index (χ0) is 17.3. The average molecular weight is 346 g/mol. The Morgan fingerprint density at radius 1 is 0.917 bits per heavy atom. The third kappa shape index (κ3) is 6.13. The van der Waals surface area contributed by atoms with Gasteiger partial charge in [-0.3, -0.25) is 4.57 Å². The van der Waals surface area contributed by atoms with Crippen LogP contribution in [0.15, 0.2) is 72.6 Å². The number of carbonyl (C=O) groups is 1. The van der Waals surface area contributed by atoms with Crippen LogP contribution in [-0.2, 0) is 36.4 Å². The molecule has 2 rings (SSSR count). The molecule has 0 aromatic heterocycles. The lowest BCUT2D eigenvalue weighted by Crippen LogP contribution is -1.98. The smallest absolute Gasteiger partial charge is 0.355 e. The SMILES string of the molecule is COC(=O)C=CP(=O)(OCc1ccccc1)OCc1ccccc1. The molecular formula is C18H19O5P. The highest BCUT2D eigenvalue weighted by molar-refractivity contribution is 7.57. The Kier molecular flexibility index (Phi) is 6.94. The van der Waals surface area contributed by atoms with Gasteiger partial charge in [0, 0.05) is 11.9 Å². The van der Waals surface area contributed by atoms with Gasteiger partial charge in [0.1, 0.15) is 0 Å². The third-order valence-electron chi connectivity index (χ3n) is 3.10. The summed E-state index contributed by atoms with van der Waals surface area (Å²) in [6.45, 7) is 0.219. The van der Waals surface area contributed by atoms with Gasteiger partial charge in [0.2, 0.25) is 0 Å². The number of hydrogen-bond donors (Lipinski definition) is 0. The summed E-state index contributed by atoms with van der Waals surface area (Å²) in [6.07, 6.45) is 1.05. The summed E-state index contributed by atoms with van der Waals surface area (Å²) in [7, 11) is -2.36. The fourth-order valence-corrected chi connectivity index (χ4v) is 3.03. The van der Waals surface area contributed by atoms with E-state index in [1.165, 1.54) is 7.11 Å². The largest absolute Gasteiger partial charge is 0.466 e. The molecule has 126 valence electrons. The normalized spacial score (nSPS) is 11.5. The van der Waals surface area contributed by atoms with Gasteiger partial charge in [-0.2, -0.15) is 0 Å². The van der Waals surface area contributed by atoms with Crippen LogP contribution in [0.25, 0.3) is 0 Å². The van der Waals surface area contributed by atoms with Crippen molar-refractivity contribution < 1.29 is 23.1 Å². The van der Waals surface area contributed by atoms with Crippen molar-refractivity contribution in [1.29, 1.82) is 0 Å². The Morgan fingerprint density at radius 2 is 1.38 bits per heavy atom. The number of esters is 1. The zero-order valence-electron chi connectivity index (χ0n) is 13.3. The van der Waals surface area contributed by atoms with Gasteiger partial charge in [-0.05, 0) is 11.1 Å². The molecular weight excluding hydrogens is 327 g/mol. The van der Waals surface area contributed by atoms with Gasteiger partial charge in [-0.1, -0.05) is 60.7 Å². The van der Waals surface area contributed by atoms with E-state index in [2.05, 4.69) is 4.74 Å². The molecule has 0 bridgehead atoms. The summed E-state index contributed by atoms with van der Waals surface area (Å²) in [4.78, 5) is 11.3. The summed E-state index contributed by atoms with van der Waals surface area (Å²) in [5, 5.41) is 0. The molecule has 0 aliphatic heterocycles. The molecule has 0 radical (unpaired) electrons. The maximum atomic E-state index is 12.8. The molecule has 0 heterocycles. The van der Waals surface area contributed by atoms with Crippen LogP contribution in [0.2, 0.25) is 0 Å². The Labute approximate surface area is 141 Å². The molecule has 24 heavy (non-hydrogen) atoms. The van der Waals surface area contributed by atoms with Gasteiger partial charge in [-0.15, -0.1) is 0 Å². The third-order valence-corrected chi connectivity index (χ3v) is 4.59. The molecule has 0 N–H and O–H groups in total. The molecule has 2 aromatic rings. The van der Waals surface area contributed by atoms with E-state index in [-0.39, 0.29) is 13.2 Å². The van der Waals surface area contributed by atoms with Crippen LogP contribution in [-0.4, -0.2) is 13.1 Å². The molecule has 0 saturated carbocycles. The molecule has 0 aliphatic carbocycles. The Morgan fingerprint density at radius 3 is 1.79 bits per heavy atom. The van der Waals surface area contributed by atoms with Crippen molar-refractivity contribution in [2.24, 2.45) is 0 Å². The average Bonchev–Trinajstić information content (AvgIpc) is 2.65. The molecule has 0 aliphatic rings. The van der Waals surface area contributed by atoms with Gasteiger partial charge in [-0.25, -0.2) is 4.79 Å². The van der Waals surface area contributed by atoms with E-state index >= 15 is 0 Å². The van der Waals surface area contributed by atoms with Crippen LogP contribution in [0.3, 0.4) is 0 Å². The van der Waals surface area contributed by atoms with Crippen molar-refractivity contribution in [2.75, 3.05) is 7.11 Å². The number of rotatable bonds is 8. The van der Waals surface area contributed by atoms with Gasteiger partial charge < -0.3 is 13.8 Å². The molecule has 0 atom stereocenters. The Hall–Kier alpha value is -2.20. The predicted molar refractivity (Wildman–Crippen MR) is 91.2 cm³/mol. The van der Waals surface area contributed by atoms with Crippen LogP contribution >= 0.6 is 7.60 Å². The first-order valence-electron chi connectivity index (χ1n) is 7.35. The van der Waals surface area contributed by atoms with Gasteiger partial charge in [0.15, 0.2) is 0 Å². The van der Waals surface area contributed by atoms with Crippen molar-refractivity contribution >= 4 is 13.6 Å². The molecule has 0 spiro atoms. The molecule has 6 heteroatoms. The molecule has 2 aromatic carbocycles. The highest BCUT2D eigenvalue weighted by atomic mass is 31.2. The van der Waals surface area contributed by atoms with Crippen LogP contribution in [0.1, 0.15) is 11.1 Å². The van der Waals surface area contributed by atoms with Crippen molar-refractivity contribution in [3.8, 4) is 0 Å². The number of benzene rings is 2. The second kappa shape index (κ2) is 9.18. The maximum absolute atomic E-state index is 12.8. The molecule has 0 unspecified atom stereocenters. The molecule has 0 fully saturated rings. The van der Waals surface area contributed by atoms with Crippen molar-refractivity contribution in [1.82, 2.24) is 0 Å². The van der Waals surface area contributed by atoms with E-state index in [4.69, 9.17) is 9.05 Å². The minimum absolute atomic E-state index is 0.110. The number of carbonyl (C=O) groups excluding carboxylic acids is 1. The Balaban J connectivity index is 2.06. The standard InChI is InChI=1S/C18H19O5P/c1-21-18(19)12-13-24(20,22-14-16-8-4-2-5-9-16)23-15-17-10-6-3-7-11-17/h2-13H,14-15H2,1H3. The lowest BCUT2D eigenvalue weighted by molar-refractivity contribution is -0.134. The highest BCUT2D eigenvalue weighted by Gasteiger charge is 2.22. The summed E-state index contributed by atoms with van der Waals surface area (Å²) >= 11 is 0. The van der Waals surface area contributed by atoms with Crippen molar-refractivity contribution in [2.45, 2.75) is 13.2 Å². The fourth-order valence-electron chi connectivity index (χ4n) is 1.82. The van der Waals surface area contributed by atoms with E-state index in [0.717, 1.165) is 23.0 Å². The van der Waals surface area contributed by atoms with Crippen LogP contribution < -0.4 is 0 Å². The van der Waals surface area contributed by atoms with Crippen LogP contribution in [0, 0.1) is 0 Å². The fraction of sp³-hybridized carbons (Fsp3) is 0.167. The van der Waals surface area contributed by atoms with E-state index in [9.17, 15) is 9.36 Å². The summed E-state index contributed by atoms with van der Waals surface area (Å²) in [5.74, 6) is 0.506. The second-order valence-electron chi connectivity index (χ2n) is 4.90. The number of ether oxygens (including phenoxy) is 1. The van der Waals surface area contributed by atoms with E-state index < -0.39 is 13.6 Å². The van der Waals surface area contributed by atoms with Crippen molar-refractivity contribution in [3.05, 3.63) is 83.7 Å². The first-order chi connectivity index (χ1) is 11.6. The maximum Gasteiger partial charge on any atom is 0.355 e. The van der Waals surface area contributed by atoms with Gasteiger partial charge in [0.05, 0.1) is 20.3 Å². The lowest BCUT2D eigenvalue weighted by atomic mass is 10.2. The number of hydrogen-bond acceptors (Lipinski definition) is 5. The van der Waals surface area contributed by atoms with Crippen LogP contribution in [0.4, 0.5) is 0 Å². The zero-order valence-corrected chi connectivity index (χ0v) is 14.2. The molecule has 0 amide bonds. The summed E-state index contributed by atoms with van der Waals surface area (Å²) < 4.78 is 28.3.